The van der Waals surface area contributed by atoms with Gasteiger partial charge in [0.1, 0.15) is 6.04 Å². The van der Waals surface area contributed by atoms with E-state index in [1.54, 1.807) is 7.05 Å². The number of imidazole rings is 1. The van der Waals surface area contributed by atoms with E-state index in [0.717, 1.165) is 17.5 Å². The highest BCUT2D eigenvalue weighted by Gasteiger charge is 2.21. The molecular formula is C14H19N3O2. The van der Waals surface area contributed by atoms with Crippen molar-refractivity contribution in [3.8, 4) is 0 Å². The van der Waals surface area contributed by atoms with Crippen molar-refractivity contribution in [3.63, 3.8) is 0 Å². The molecule has 0 bridgehead atoms. The normalized spacial score (nSPS) is 12.4. The second-order valence-corrected chi connectivity index (χ2v) is 4.39. The molecule has 102 valence electrons. The molecule has 1 aromatic carbocycles. The first kappa shape index (κ1) is 13.4. The minimum atomic E-state index is -0.401. The molecule has 19 heavy (non-hydrogen) atoms. The second-order valence-electron chi connectivity index (χ2n) is 4.39. The summed E-state index contributed by atoms with van der Waals surface area (Å²) in [7, 11) is 1.79. The average molecular weight is 261 g/mol. The van der Waals surface area contributed by atoms with Gasteiger partial charge in [-0.2, -0.15) is 0 Å². The molecule has 1 N–H and O–H groups in total. The van der Waals surface area contributed by atoms with Crippen LogP contribution in [0.5, 0.6) is 0 Å². The first-order valence-corrected chi connectivity index (χ1v) is 6.50. The number of hydrogen-bond acceptors (Lipinski definition) is 4. The number of aromatic nitrogens is 2. The molecular weight excluding hydrogens is 242 g/mol. The summed E-state index contributed by atoms with van der Waals surface area (Å²) in [6.45, 7) is 4.25. The Morgan fingerprint density at radius 3 is 2.89 bits per heavy atom. The highest BCUT2D eigenvalue weighted by molar-refractivity contribution is 5.83. The lowest BCUT2D eigenvalue weighted by atomic mass is 10.3. The van der Waals surface area contributed by atoms with Gasteiger partial charge in [0.05, 0.1) is 17.6 Å². The Labute approximate surface area is 112 Å². The average Bonchev–Trinajstić information content (AvgIpc) is 2.82. The molecule has 0 amide bonds. The number of carbonyl (C=O) groups is 1. The smallest absolute Gasteiger partial charge is 0.328 e. The van der Waals surface area contributed by atoms with Gasteiger partial charge in [0.25, 0.3) is 0 Å². The maximum Gasteiger partial charge on any atom is 0.328 e. The van der Waals surface area contributed by atoms with Gasteiger partial charge < -0.3 is 10.1 Å². The Kier molecular flexibility index (Phi) is 4.04. The molecule has 0 fully saturated rings. The van der Waals surface area contributed by atoms with E-state index < -0.39 is 6.04 Å². The molecule has 0 aliphatic rings. The van der Waals surface area contributed by atoms with Gasteiger partial charge in [0, 0.05) is 7.05 Å². The van der Waals surface area contributed by atoms with E-state index in [1.165, 1.54) is 0 Å². The maximum absolute atomic E-state index is 12.0. The van der Waals surface area contributed by atoms with Crippen LogP contribution in [0.25, 0.3) is 11.0 Å². The summed E-state index contributed by atoms with van der Waals surface area (Å²) < 4.78 is 7.08. The molecule has 0 aliphatic heterocycles. The number of nitrogens with one attached hydrogen (secondary N) is 1. The second kappa shape index (κ2) is 5.73. The van der Waals surface area contributed by atoms with Crippen molar-refractivity contribution >= 4 is 23.0 Å². The van der Waals surface area contributed by atoms with Gasteiger partial charge in [-0.15, -0.1) is 0 Å². The summed E-state index contributed by atoms with van der Waals surface area (Å²) >= 11 is 0. The Balaban J connectivity index is 2.39. The zero-order valence-electron chi connectivity index (χ0n) is 11.5. The molecule has 0 saturated carbocycles. The van der Waals surface area contributed by atoms with Crippen molar-refractivity contribution in [1.82, 2.24) is 9.55 Å². The van der Waals surface area contributed by atoms with Gasteiger partial charge in [-0.05, 0) is 25.5 Å². The lowest BCUT2D eigenvalue weighted by molar-refractivity contribution is -0.146. The molecule has 1 atom stereocenters. The van der Waals surface area contributed by atoms with Crippen LogP contribution in [0.1, 0.15) is 26.3 Å². The highest BCUT2D eigenvalue weighted by atomic mass is 16.5. The van der Waals surface area contributed by atoms with E-state index in [2.05, 4.69) is 10.3 Å². The lowest BCUT2D eigenvalue weighted by Gasteiger charge is -2.16. The molecule has 0 saturated heterocycles. The van der Waals surface area contributed by atoms with Crippen LogP contribution >= 0.6 is 0 Å². The standard InChI is InChI=1S/C14H19N3O2/c1-4-9-19-13(18)10(2)17-12-8-6-5-7-11(12)16-14(17)15-3/h5-8,10H,4,9H2,1-3H3,(H,15,16). The summed E-state index contributed by atoms with van der Waals surface area (Å²) in [6, 6.07) is 7.34. The Hall–Kier alpha value is -2.04. The third-order valence-electron chi connectivity index (χ3n) is 3.00. The lowest BCUT2D eigenvalue weighted by Crippen LogP contribution is -2.20. The van der Waals surface area contributed by atoms with Crippen molar-refractivity contribution in [2.45, 2.75) is 26.3 Å². The Morgan fingerprint density at radius 1 is 1.47 bits per heavy atom. The predicted octanol–water partition coefficient (Wildman–Crippen LogP) is 2.59. The molecule has 2 aromatic rings. The molecule has 0 radical (unpaired) electrons. The molecule has 5 heteroatoms. The van der Waals surface area contributed by atoms with E-state index >= 15 is 0 Å². The van der Waals surface area contributed by atoms with Gasteiger partial charge in [-0.1, -0.05) is 19.1 Å². The van der Waals surface area contributed by atoms with Crippen molar-refractivity contribution in [2.24, 2.45) is 0 Å². The summed E-state index contributed by atoms with van der Waals surface area (Å²) in [6.07, 6.45) is 0.821. The van der Waals surface area contributed by atoms with Crippen LogP contribution < -0.4 is 5.32 Å². The van der Waals surface area contributed by atoms with Crippen LogP contribution in [0, 0.1) is 0 Å². The number of esters is 1. The molecule has 5 nitrogen and oxygen atoms in total. The Morgan fingerprint density at radius 2 is 2.21 bits per heavy atom. The summed E-state index contributed by atoms with van der Waals surface area (Å²) in [5, 5.41) is 3.02. The van der Waals surface area contributed by atoms with Crippen LogP contribution in [-0.4, -0.2) is 29.2 Å². The minimum Gasteiger partial charge on any atom is -0.464 e. The van der Waals surface area contributed by atoms with E-state index in [9.17, 15) is 4.79 Å². The van der Waals surface area contributed by atoms with Gasteiger partial charge in [0.15, 0.2) is 0 Å². The zero-order valence-corrected chi connectivity index (χ0v) is 11.5. The maximum atomic E-state index is 12.0. The van der Waals surface area contributed by atoms with Crippen molar-refractivity contribution < 1.29 is 9.53 Å². The zero-order chi connectivity index (χ0) is 13.8. The van der Waals surface area contributed by atoms with E-state index in [4.69, 9.17) is 4.74 Å². The molecule has 0 aliphatic carbocycles. The highest BCUT2D eigenvalue weighted by Crippen LogP contribution is 2.24. The molecule has 1 heterocycles. The fourth-order valence-corrected chi connectivity index (χ4v) is 2.04. The largest absolute Gasteiger partial charge is 0.464 e. The van der Waals surface area contributed by atoms with E-state index in [-0.39, 0.29) is 5.97 Å². The van der Waals surface area contributed by atoms with Crippen LogP contribution in [-0.2, 0) is 9.53 Å². The first-order chi connectivity index (χ1) is 9.19. The number of anilines is 1. The monoisotopic (exact) mass is 261 g/mol. The number of carbonyl (C=O) groups excluding carboxylic acids is 1. The summed E-state index contributed by atoms with van der Waals surface area (Å²) in [4.78, 5) is 16.5. The van der Waals surface area contributed by atoms with Crippen LogP contribution in [0.15, 0.2) is 24.3 Å². The minimum absolute atomic E-state index is 0.235. The molecule has 0 spiro atoms. The number of nitrogens with zero attached hydrogens (tertiary/aromatic N) is 2. The summed E-state index contributed by atoms with van der Waals surface area (Å²) in [5.74, 6) is 0.434. The number of ether oxygens (including phenoxy) is 1. The van der Waals surface area contributed by atoms with Gasteiger partial charge in [-0.25, -0.2) is 9.78 Å². The first-order valence-electron chi connectivity index (χ1n) is 6.50. The quantitative estimate of drug-likeness (QED) is 0.840. The Bertz CT molecular complexity index is 577. The molecule has 2 rings (SSSR count). The number of rotatable bonds is 5. The SMILES string of the molecule is CCCOC(=O)C(C)n1c(NC)nc2ccccc21. The van der Waals surface area contributed by atoms with Gasteiger partial charge >= 0.3 is 5.97 Å². The van der Waals surface area contributed by atoms with Crippen molar-refractivity contribution in [1.29, 1.82) is 0 Å². The molecule has 1 aromatic heterocycles. The fourth-order valence-electron chi connectivity index (χ4n) is 2.04. The number of hydrogen-bond donors (Lipinski definition) is 1. The van der Waals surface area contributed by atoms with Crippen molar-refractivity contribution in [3.05, 3.63) is 24.3 Å². The number of benzene rings is 1. The van der Waals surface area contributed by atoms with Gasteiger partial charge in [0.2, 0.25) is 5.95 Å². The number of fused-ring (bicyclic) bond motifs is 1. The van der Waals surface area contributed by atoms with Crippen LogP contribution in [0.2, 0.25) is 0 Å². The van der Waals surface area contributed by atoms with Crippen LogP contribution in [0.4, 0.5) is 5.95 Å². The number of para-hydroxylation sites is 2. The molecule has 1 unspecified atom stereocenters. The third-order valence-corrected chi connectivity index (χ3v) is 3.00. The third kappa shape index (κ3) is 2.54. The van der Waals surface area contributed by atoms with E-state index in [1.807, 2.05) is 42.7 Å². The predicted molar refractivity (Wildman–Crippen MR) is 75.2 cm³/mol. The summed E-state index contributed by atoms with van der Waals surface area (Å²) in [5.41, 5.74) is 1.79. The fraction of sp³-hybridized carbons (Fsp3) is 0.429. The van der Waals surface area contributed by atoms with E-state index in [0.29, 0.717) is 12.6 Å². The van der Waals surface area contributed by atoms with Crippen LogP contribution in [0.3, 0.4) is 0 Å². The topological polar surface area (TPSA) is 56.1 Å². The van der Waals surface area contributed by atoms with Gasteiger partial charge in [-0.3, -0.25) is 4.57 Å². The van der Waals surface area contributed by atoms with Crippen molar-refractivity contribution in [2.75, 3.05) is 19.0 Å².